The van der Waals surface area contributed by atoms with Crippen molar-refractivity contribution in [2.45, 2.75) is 39.5 Å². The Morgan fingerprint density at radius 2 is 1.96 bits per heavy atom. The number of nitrogens with one attached hydrogen (secondary N) is 1. The van der Waals surface area contributed by atoms with Crippen LogP contribution in [0.4, 0.5) is 5.82 Å². The minimum Gasteiger partial charge on any atom is -0.484 e. The lowest BCUT2D eigenvalue weighted by atomic mass is 10.2. The summed E-state index contributed by atoms with van der Waals surface area (Å²) in [6.07, 6.45) is 4.08. The molecule has 0 atom stereocenters. The van der Waals surface area contributed by atoms with E-state index in [2.05, 4.69) is 17.4 Å². The molecule has 2 rings (SSSR count). The Kier molecular flexibility index (Phi) is 8.35. The van der Waals surface area contributed by atoms with Gasteiger partial charge in [0.1, 0.15) is 18.1 Å². The van der Waals surface area contributed by atoms with Gasteiger partial charge in [0.05, 0.1) is 0 Å². The van der Waals surface area contributed by atoms with Gasteiger partial charge in [0.25, 0.3) is 5.91 Å². The van der Waals surface area contributed by atoms with E-state index in [-0.39, 0.29) is 25.0 Å². The Morgan fingerprint density at radius 1 is 1.19 bits per heavy atom. The van der Waals surface area contributed by atoms with E-state index in [1.165, 1.54) is 4.90 Å². The molecular weight excluding hydrogens is 346 g/mol. The van der Waals surface area contributed by atoms with Gasteiger partial charge in [0.15, 0.2) is 12.4 Å². The van der Waals surface area contributed by atoms with Gasteiger partial charge in [-0.3, -0.25) is 9.59 Å². The van der Waals surface area contributed by atoms with Crippen molar-refractivity contribution in [1.82, 2.24) is 10.1 Å². The van der Waals surface area contributed by atoms with Crippen molar-refractivity contribution in [1.29, 1.82) is 0 Å². The van der Waals surface area contributed by atoms with E-state index in [1.54, 1.807) is 25.1 Å². The molecule has 0 bridgehead atoms. The number of amides is 2. The summed E-state index contributed by atoms with van der Waals surface area (Å²) in [6, 6.07) is 10.8. The number of unbranched alkanes of at least 4 members (excludes halogenated alkanes) is 3. The van der Waals surface area contributed by atoms with E-state index >= 15 is 0 Å². The third kappa shape index (κ3) is 7.52. The standard InChI is InChI=1S/C20H27N3O4/c1-3-4-5-9-12-23(14-19(24)21-18-13-16(2)27-22-18)20(25)15-26-17-10-7-6-8-11-17/h6-8,10-11,13H,3-5,9,12,14-15H2,1-2H3,(H,21,22,24). The average Bonchev–Trinajstić information content (AvgIpc) is 3.07. The number of nitrogens with zero attached hydrogens (tertiary/aromatic N) is 2. The second kappa shape index (κ2) is 11.0. The van der Waals surface area contributed by atoms with Gasteiger partial charge in [0.2, 0.25) is 5.91 Å². The molecule has 0 aliphatic rings. The Balaban J connectivity index is 1.89. The van der Waals surface area contributed by atoms with E-state index < -0.39 is 0 Å². The van der Waals surface area contributed by atoms with Gasteiger partial charge < -0.3 is 19.5 Å². The van der Waals surface area contributed by atoms with Crippen LogP contribution < -0.4 is 10.1 Å². The molecule has 146 valence electrons. The highest BCUT2D eigenvalue weighted by Crippen LogP contribution is 2.10. The summed E-state index contributed by atoms with van der Waals surface area (Å²) in [6.45, 7) is 4.24. The maximum absolute atomic E-state index is 12.6. The zero-order valence-electron chi connectivity index (χ0n) is 15.9. The maximum atomic E-state index is 12.6. The first-order valence-corrected chi connectivity index (χ1v) is 9.27. The number of anilines is 1. The number of benzene rings is 1. The fraction of sp³-hybridized carbons (Fsp3) is 0.450. The first kappa shape index (κ1) is 20.5. The highest BCUT2D eigenvalue weighted by atomic mass is 16.5. The van der Waals surface area contributed by atoms with Crippen LogP contribution in [0.2, 0.25) is 0 Å². The Bertz CT molecular complexity index is 715. The molecule has 0 spiro atoms. The zero-order chi connectivity index (χ0) is 19.5. The van der Waals surface area contributed by atoms with Crippen LogP contribution in [0.1, 0.15) is 38.4 Å². The van der Waals surface area contributed by atoms with Crippen LogP contribution in [0.15, 0.2) is 40.9 Å². The van der Waals surface area contributed by atoms with Crippen molar-refractivity contribution in [3.8, 4) is 5.75 Å². The van der Waals surface area contributed by atoms with Crippen molar-refractivity contribution in [3.05, 3.63) is 42.2 Å². The van der Waals surface area contributed by atoms with Crippen molar-refractivity contribution < 1.29 is 18.8 Å². The average molecular weight is 373 g/mol. The molecular formula is C20H27N3O4. The second-order valence-corrected chi connectivity index (χ2v) is 6.35. The Morgan fingerprint density at radius 3 is 2.63 bits per heavy atom. The molecule has 0 saturated heterocycles. The fourth-order valence-electron chi connectivity index (χ4n) is 2.56. The first-order chi connectivity index (χ1) is 13.1. The third-order valence-electron chi connectivity index (χ3n) is 3.97. The van der Waals surface area contributed by atoms with Gasteiger partial charge in [0, 0.05) is 12.6 Å². The van der Waals surface area contributed by atoms with E-state index in [1.807, 2.05) is 18.2 Å². The topological polar surface area (TPSA) is 84.7 Å². The number of hydrogen-bond donors (Lipinski definition) is 1. The van der Waals surface area contributed by atoms with Crippen molar-refractivity contribution in [2.75, 3.05) is 25.0 Å². The van der Waals surface area contributed by atoms with Crippen LogP contribution in [-0.2, 0) is 9.59 Å². The number of ether oxygens (including phenoxy) is 1. The number of aromatic nitrogens is 1. The number of rotatable bonds is 11. The molecule has 1 heterocycles. The summed E-state index contributed by atoms with van der Waals surface area (Å²) in [5.41, 5.74) is 0. The molecule has 7 nitrogen and oxygen atoms in total. The van der Waals surface area contributed by atoms with Crippen LogP contribution in [0.3, 0.4) is 0 Å². The van der Waals surface area contributed by atoms with Crippen LogP contribution in [0, 0.1) is 6.92 Å². The number of carbonyl (C=O) groups excluding carboxylic acids is 2. The molecule has 0 aliphatic heterocycles. The molecule has 2 amide bonds. The fourth-order valence-corrected chi connectivity index (χ4v) is 2.56. The molecule has 0 fully saturated rings. The molecule has 0 aliphatic carbocycles. The SMILES string of the molecule is CCCCCCN(CC(=O)Nc1cc(C)on1)C(=O)COc1ccccc1. The lowest BCUT2D eigenvalue weighted by Crippen LogP contribution is -2.41. The van der Waals surface area contributed by atoms with E-state index in [0.717, 1.165) is 25.7 Å². The summed E-state index contributed by atoms with van der Waals surface area (Å²) in [4.78, 5) is 26.4. The number of para-hydroxylation sites is 1. The lowest BCUT2D eigenvalue weighted by Gasteiger charge is -2.22. The minimum atomic E-state index is -0.313. The molecule has 0 unspecified atom stereocenters. The first-order valence-electron chi connectivity index (χ1n) is 9.27. The molecule has 27 heavy (non-hydrogen) atoms. The van der Waals surface area contributed by atoms with E-state index in [0.29, 0.717) is 23.9 Å². The van der Waals surface area contributed by atoms with Crippen molar-refractivity contribution in [2.24, 2.45) is 0 Å². The van der Waals surface area contributed by atoms with E-state index in [9.17, 15) is 9.59 Å². The van der Waals surface area contributed by atoms with Gasteiger partial charge in [-0.1, -0.05) is 49.5 Å². The third-order valence-corrected chi connectivity index (χ3v) is 3.97. The summed E-state index contributed by atoms with van der Waals surface area (Å²) in [5, 5.41) is 6.38. The van der Waals surface area contributed by atoms with Gasteiger partial charge >= 0.3 is 0 Å². The normalized spacial score (nSPS) is 10.4. The summed E-state index contributed by atoms with van der Waals surface area (Å²) >= 11 is 0. The van der Waals surface area contributed by atoms with Crippen LogP contribution in [0.25, 0.3) is 0 Å². The summed E-state index contributed by atoms with van der Waals surface area (Å²) in [7, 11) is 0. The number of aryl methyl sites for hydroxylation is 1. The summed E-state index contributed by atoms with van der Waals surface area (Å²) in [5.74, 6) is 1.04. The molecule has 7 heteroatoms. The van der Waals surface area contributed by atoms with E-state index in [4.69, 9.17) is 9.26 Å². The molecule has 1 aromatic carbocycles. The molecule has 0 radical (unpaired) electrons. The quantitative estimate of drug-likeness (QED) is 0.610. The van der Waals surface area contributed by atoms with Crippen LogP contribution in [0.5, 0.6) is 5.75 Å². The van der Waals surface area contributed by atoms with Crippen molar-refractivity contribution in [3.63, 3.8) is 0 Å². The van der Waals surface area contributed by atoms with Crippen LogP contribution >= 0.6 is 0 Å². The predicted octanol–water partition coefficient (Wildman–Crippen LogP) is 3.41. The Hall–Kier alpha value is -2.83. The zero-order valence-corrected chi connectivity index (χ0v) is 15.9. The highest BCUT2D eigenvalue weighted by Gasteiger charge is 2.18. The van der Waals surface area contributed by atoms with Gasteiger partial charge in [-0.2, -0.15) is 0 Å². The number of carbonyl (C=O) groups is 2. The lowest BCUT2D eigenvalue weighted by molar-refractivity contribution is -0.136. The van der Waals surface area contributed by atoms with Gasteiger partial charge in [-0.05, 0) is 25.5 Å². The summed E-state index contributed by atoms with van der Waals surface area (Å²) < 4.78 is 10.5. The minimum absolute atomic E-state index is 0.0466. The molecule has 2 aromatic rings. The Labute approximate surface area is 159 Å². The maximum Gasteiger partial charge on any atom is 0.260 e. The van der Waals surface area contributed by atoms with Crippen molar-refractivity contribution >= 4 is 17.6 Å². The molecule has 1 aromatic heterocycles. The largest absolute Gasteiger partial charge is 0.484 e. The molecule has 1 N–H and O–H groups in total. The monoisotopic (exact) mass is 373 g/mol. The van der Waals surface area contributed by atoms with Crippen LogP contribution in [-0.4, -0.2) is 41.6 Å². The smallest absolute Gasteiger partial charge is 0.260 e. The highest BCUT2D eigenvalue weighted by molar-refractivity contribution is 5.94. The second-order valence-electron chi connectivity index (χ2n) is 6.35. The van der Waals surface area contributed by atoms with Gasteiger partial charge in [-0.25, -0.2) is 0 Å². The number of hydrogen-bond acceptors (Lipinski definition) is 5. The van der Waals surface area contributed by atoms with Gasteiger partial charge in [-0.15, -0.1) is 0 Å². The predicted molar refractivity (Wildman–Crippen MR) is 103 cm³/mol. The molecule has 0 saturated carbocycles.